The predicted molar refractivity (Wildman–Crippen MR) is 133 cm³/mol. The standard InChI is InChI=1S/C29H30O6/c1-4-32-24-12-10-20(16-25(24)33-17-19-8-6-5-7-9-19)29(31)18-34-26-21-14-15-28(2,3)35-23(21)13-11-22(26)27(29)30/h5-16,27,30-31H,4,17-18H2,1-3H3. The van der Waals surface area contributed by atoms with E-state index in [9.17, 15) is 10.2 Å². The van der Waals surface area contributed by atoms with Gasteiger partial charge < -0.3 is 29.2 Å². The van der Waals surface area contributed by atoms with Crippen molar-refractivity contribution in [3.63, 3.8) is 0 Å². The Bertz CT molecular complexity index is 1250. The number of rotatable bonds is 6. The van der Waals surface area contributed by atoms with Crippen LogP contribution < -0.4 is 18.9 Å². The fourth-order valence-corrected chi connectivity index (χ4v) is 4.48. The van der Waals surface area contributed by atoms with Crippen LogP contribution in [0.3, 0.4) is 0 Å². The summed E-state index contributed by atoms with van der Waals surface area (Å²) in [6, 6.07) is 18.6. The Morgan fingerprint density at radius 1 is 1.00 bits per heavy atom. The number of hydrogen-bond donors (Lipinski definition) is 2. The van der Waals surface area contributed by atoms with Crippen molar-refractivity contribution in [2.75, 3.05) is 13.2 Å². The molecule has 3 aromatic rings. The molecular weight excluding hydrogens is 444 g/mol. The molecule has 2 aliphatic rings. The highest BCUT2D eigenvalue weighted by Crippen LogP contribution is 2.49. The Morgan fingerprint density at radius 3 is 2.57 bits per heavy atom. The van der Waals surface area contributed by atoms with Gasteiger partial charge in [0.25, 0.3) is 0 Å². The highest BCUT2D eigenvalue weighted by atomic mass is 16.5. The van der Waals surface area contributed by atoms with Gasteiger partial charge in [0.1, 0.15) is 36.4 Å². The van der Waals surface area contributed by atoms with Crippen molar-refractivity contribution in [2.24, 2.45) is 0 Å². The smallest absolute Gasteiger partial charge is 0.162 e. The molecule has 0 radical (unpaired) electrons. The fraction of sp³-hybridized carbons (Fsp3) is 0.310. The van der Waals surface area contributed by atoms with Crippen molar-refractivity contribution in [1.29, 1.82) is 0 Å². The van der Waals surface area contributed by atoms with Gasteiger partial charge in [-0.25, -0.2) is 0 Å². The molecule has 2 unspecified atom stereocenters. The third-order valence-electron chi connectivity index (χ3n) is 6.38. The van der Waals surface area contributed by atoms with Gasteiger partial charge >= 0.3 is 0 Å². The van der Waals surface area contributed by atoms with E-state index >= 15 is 0 Å². The maximum Gasteiger partial charge on any atom is 0.162 e. The van der Waals surface area contributed by atoms with Crippen LogP contribution in [-0.2, 0) is 12.2 Å². The second-order valence-corrected chi connectivity index (χ2v) is 9.42. The summed E-state index contributed by atoms with van der Waals surface area (Å²) in [4.78, 5) is 0. The maximum absolute atomic E-state index is 11.7. The zero-order chi connectivity index (χ0) is 24.6. The Labute approximate surface area is 205 Å². The lowest BCUT2D eigenvalue weighted by atomic mass is 9.82. The van der Waals surface area contributed by atoms with Gasteiger partial charge in [-0.3, -0.25) is 0 Å². The molecule has 0 fully saturated rings. The summed E-state index contributed by atoms with van der Waals surface area (Å²) in [5.74, 6) is 2.27. The second-order valence-electron chi connectivity index (χ2n) is 9.42. The summed E-state index contributed by atoms with van der Waals surface area (Å²) in [5, 5.41) is 23.0. The lowest BCUT2D eigenvalue weighted by Crippen LogP contribution is -2.43. The summed E-state index contributed by atoms with van der Waals surface area (Å²) >= 11 is 0. The number of ether oxygens (including phenoxy) is 4. The van der Waals surface area contributed by atoms with Gasteiger partial charge in [0.2, 0.25) is 0 Å². The summed E-state index contributed by atoms with van der Waals surface area (Å²) in [5.41, 5.74) is 0.668. The van der Waals surface area contributed by atoms with Crippen LogP contribution in [0.1, 0.15) is 49.1 Å². The second kappa shape index (κ2) is 8.95. The molecule has 0 aliphatic carbocycles. The van der Waals surface area contributed by atoms with Crippen molar-refractivity contribution in [2.45, 2.75) is 44.7 Å². The van der Waals surface area contributed by atoms with Crippen LogP contribution >= 0.6 is 0 Å². The molecule has 0 saturated carbocycles. The minimum absolute atomic E-state index is 0.124. The normalized spacial score (nSPS) is 21.8. The van der Waals surface area contributed by atoms with Crippen molar-refractivity contribution in [3.05, 3.63) is 89.0 Å². The molecule has 2 heterocycles. The third kappa shape index (κ3) is 4.35. The maximum atomic E-state index is 11.7. The number of aliphatic hydroxyl groups excluding tert-OH is 1. The number of hydrogen-bond acceptors (Lipinski definition) is 6. The first-order valence-electron chi connectivity index (χ1n) is 11.8. The van der Waals surface area contributed by atoms with E-state index in [1.807, 2.05) is 69.3 Å². The van der Waals surface area contributed by atoms with Gasteiger partial charge in [0.05, 0.1) is 12.2 Å². The molecule has 2 N–H and O–H groups in total. The Hall–Kier alpha value is -3.48. The molecule has 0 bridgehead atoms. The number of aliphatic hydroxyl groups is 2. The molecule has 182 valence electrons. The van der Waals surface area contributed by atoms with Crippen LogP contribution in [0, 0.1) is 0 Å². The molecule has 3 aromatic carbocycles. The van der Waals surface area contributed by atoms with Crippen molar-refractivity contribution >= 4 is 6.08 Å². The fourth-order valence-electron chi connectivity index (χ4n) is 4.48. The quantitative estimate of drug-likeness (QED) is 0.514. The third-order valence-corrected chi connectivity index (χ3v) is 6.38. The van der Waals surface area contributed by atoms with Crippen LogP contribution in [0.15, 0.2) is 66.7 Å². The molecule has 0 amide bonds. The molecule has 2 aliphatic heterocycles. The molecule has 0 aromatic heterocycles. The van der Waals surface area contributed by atoms with Crippen LogP contribution in [0.4, 0.5) is 0 Å². The summed E-state index contributed by atoms with van der Waals surface area (Å²) in [7, 11) is 0. The van der Waals surface area contributed by atoms with Crippen LogP contribution in [0.2, 0.25) is 0 Å². The summed E-state index contributed by atoms with van der Waals surface area (Å²) in [6.45, 7) is 6.55. The largest absolute Gasteiger partial charge is 0.490 e. The van der Waals surface area contributed by atoms with Crippen molar-refractivity contribution < 1.29 is 29.2 Å². The Morgan fingerprint density at radius 2 is 1.80 bits per heavy atom. The molecule has 2 atom stereocenters. The summed E-state index contributed by atoms with van der Waals surface area (Å²) < 4.78 is 23.9. The van der Waals surface area contributed by atoms with E-state index < -0.39 is 17.3 Å². The van der Waals surface area contributed by atoms with Gasteiger partial charge in [-0.05, 0) is 68.3 Å². The van der Waals surface area contributed by atoms with Gasteiger partial charge in [-0.1, -0.05) is 36.4 Å². The van der Waals surface area contributed by atoms with E-state index in [2.05, 4.69) is 0 Å². The van der Waals surface area contributed by atoms with Gasteiger partial charge in [-0.2, -0.15) is 0 Å². The first kappa shape index (κ1) is 23.3. The van der Waals surface area contributed by atoms with Crippen LogP contribution in [-0.4, -0.2) is 29.0 Å². The highest BCUT2D eigenvalue weighted by Gasteiger charge is 2.46. The van der Waals surface area contributed by atoms with Crippen molar-refractivity contribution in [1.82, 2.24) is 0 Å². The highest BCUT2D eigenvalue weighted by molar-refractivity contribution is 5.70. The van der Waals surface area contributed by atoms with Crippen LogP contribution in [0.5, 0.6) is 23.0 Å². The molecule has 6 heteroatoms. The van der Waals surface area contributed by atoms with Gasteiger partial charge in [0.15, 0.2) is 17.1 Å². The van der Waals surface area contributed by atoms with Gasteiger partial charge in [0, 0.05) is 5.56 Å². The van der Waals surface area contributed by atoms with Crippen molar-refractivity contribution in [3.8, 4) is 23.0 Å². The first-order chi connectivity index (χ1) is 16.8. The summed E-state index contributed by atoms with van der Waals surface area (Å²) in [6.07, 6.45) is 2.69. The zero-order valence-electron chi connectivity index (χ0n) is 20.2. The topological polar surface area (TPSA) is 77.4 Å². The molecule has 6 nitrogen and oxygen atoms in total. The van der Waals surface area contributed by atoms with E-state index in [1.165, 1.54) is 0 Å². The van der Waals surface area contributed by atoms with Crippen LogP contribution in [0.25, 0.3) is 6.08 Å². The minimum Gasteiger partial charge on any atom is -0.490 e. The number of benzene rings is 3. The van der Waals surface area contributed by atoms with E-state index in [0.717, 1.165) is 11.1 Å². The van der Waals surface area contributed by atoms with E-state index in [4.69, 9.17) is 18.9 Å². The van der Waals surface area contributed by atoms with E-state index in [-0.39, 0.29) is 6.61 Å². The van der Waals surface area contributed by atoms with Gasteiger partial charge in [-0.15, -0.1) is 0 Å². The average Bonchev–Trinajstić information content (AvgIpc) is 2.85. The lowest BCUT2D eigenvalue weighted by Gasteiger charge is -2.40. The lowest BCUT2D eigenvalue weighted by molar-refractivity contribution is -0.121. The molecule has 5 rings (SSSR count). The predicted octanol–water partition coefficient (Wildman–Crippen LogP) is 5.16. The zero-order valence-corrected chi connectivity index (χ0v) is 20.2. The molecule has 0 saturated heterocycles. The molecule has 0 spiro atoms. The Balaban J connectivity index is 1.47. The van der Waals surface area contributed by atoms with E-state index in [0.29, 0.717) is 47.3 Å². The van der Waals surface area contributed by atoms with E-state index in [1.54, 1.807) is 24.3 Å². The monoisotopic (exact) mass is 474 g/mol. The molecule has 35 heavy (non-hydrogen) atoms. The SMILES string of the molecule is CCOc1ccc(C2(O)COc3c(ccc4c3C=CC(C)(C)O4)C2O)cc1OCc1ccccc1. The molecular formula is C29H30O6. The minimum atomic E-state index is -1.67. The number of fused-ring (bicyclic) bond motifs is 3. The average molecular weight is 475 g/mol. The Kier molecular flexibility index (Phi) is 5.95. The first-order valence-corrected chi connectivity index (χ1v) is 11.8.